The summed E-state index contributed by atoms with van der Waals surface area (Å²) in [6, 6.07) is 8.98. The Bertz CT molecular complexity index is 857. The Morgan fingerprint density at radius 2 is 1.92 bits per heavy atom. The summed E-state index contributed by atoms with van der Waals surface area (Å²) in [5, 5.41) is 11.9. The predicted octanol–water partition coefficient (Wildman–Crippen LogP) is 2.30. The van der Waals surface area contributed by atoms with E-state index in [0.29, 0.717) is 22.6 Å². The molecule has 1 N–H and O–H groups in total. The van der Waals surface area contributed by atoms with Crippen molar-refractivity contribution >= 4 is 21.6 Å². The van der Waals surface area contributed by atoms with Crippen LogP contribution in [0.2, 0.25) is 0 Å². The van der Waals surface area contributed by atoms with Crippen molar-refractivity contribution < 1.29 is 14.6 Å². The molecule has 2 heterocycles. The van der Waals surface area contributed by atoms with Crippen molar-refractivity contribution in [2.24, 2.45) is 0 Å². The zero-order chi connectivity index (χ0) is 16.9. The highest BCUT2D eigenvalue weighted by atomic mass is 32.1. The molecule has 6 nitrogen and oxygen atoms in total. The van der Waals surface area contributed by atoms with Gasteiger partial charge in [0.25, 0.3) is 5.56 Å². The van der Waals surface area contributed by atoms with Crippen LogP contribution >= 0.6 is 11.3 Å². The van der Waals surface area contributed by atoms with Crippen molar-refractivity contribution in [3.8, 4) is 11.5 Å². The minimum absolute atomic E-state index is 0.0862. The summed E-state index contributed by atoms with van der Waals surface area (Å²) < 4.78 is 12.9. The van der Waals surface area contributed by atoms with Crippen molar-refractivity contribution in [1.29, 1.82) is 0 Å². The monoisotopic (exact) mass is 346 g/mol. The summed E-state index contributed by atoms with van der Waals surface area (Å²) in [6.07, 6.45) is 0.644. The van der Waals surface area contributed by atoms with Crippen molar-refractivity contribution in [3.63, 3.8) is 0 Å². The molecule has 3 rings (SSSR count). The maximum atomic E-state index is 12.3. The molecule has 1 unspecified atom stereocenters. The van der Waals surface area contributed by atoms with Crippen molar-refractivity contribution in [2.45, 2.75) is 19.6 Å². The van der Waals surface area contributed by atoms with Gasteiger partial charge in [-0.1, -0.05) is 0 Å². The summed E-state index contributed by atoms with van der Waals surface area (Å²) in [7, 11) is 0. The Kier molecular flexibility index (Phi) is 5.12. The lowest BCUT2D eigenvalue weighted by Crippen LogP contribution is -2.30. The van der Waals surface area contributed by atoms with Gasteiger partial charge in [-0.25, -0.2) is 4.98 Å². The molecule has 0 aliphatic heterocycles. The number of nitrogens with zero attached hydrogens (tertiary/aromatic N) is 2. The molecule has 3 aromatic rings. The molecule has 0 fully saturated rings. The molecular weight excluding hydrogens is 328 g/mol. The van der Waals surface area contributed by atoms with Gasteiger partial charge in [0.2, 0.25) is 0 Å². The summed E-state index contributed by atoms with van der Waals surface area (Å²) in [4.78, 5) is 16.5. The minimum Gasteiger partial charge on any atom is -0.494 e. The van der Waals surface area contributed by atoms with Gasteiger partial charge in [-0.15, -0.1) is 11.3 Å². The third-order valence-electron chi connectivity index (χ3n) is 3.42. The highest BCUT2D eigenvalue weighted by Gasteiger charge is 2.11. The number of aliphatic hydroxyl groups excluding tert-OH is 1. The van der Waals surface area contributed by atoms with Crippen LogP contribution in [-0.2, 0) is 6.54 Å². The van der Waals surface area contributed by atoms with Crippen molar-refractivity contribution in [1.82, 2.24) is 9.55 Å². The highest BCUT2D eigenvalue weighted by molar-refractivity contribution is 7.17. The van der Waals surface area contributed by atoms with Crippen molar-refractivity contribution in [2.75, 3.05) is 13.2 Å². The van der Waals surface area contributed by atoms with Crippen LogP contribution in [0.3, 0.4) is 0 Å². The first-order chi connectivity index (χ1) is 11.7. The van der Waals surface area contributed by atoms with Gasteiger partial charge in [-0.2, -0.15) is 0 Å². The van der Waals surface area contributed by atoms with Crippen LogP contribution in [-0.4, -0.2) is 34.0 Å². The van der Waals surface area contributed by atoms with E-state index in [4.69, 9.17) is 9.47 Å². The van der Waals surface area contributed by atoms with Crippen LogP contribution in [0.15, 0.2) is 46.8 Å². The van der Waals surface area contributed by atoms with Crippen molar-refractivity contribution in [3.05, 3.63) is 52.4 Å². The van der Waals surface area contributed by atoms with Crippen LogP contribution in [0.4, 0.5) is 0 Å². The van der Waals surface area contributed by atoms with Crippen LogP contribution in [0.5, 0.6) is 11.5 Å². The van der Waals surface area contributed by atoms with E-state index in [1.807, 2.05) is 24.4 Å². The molecule has 24 heavy (non-hydrogen) atoms. The molecule has 0 saturated heterocycles. The minimum atomic E-state index is -0.812. The fourth-order valence-electron chi connectivity index (χ4n) is 2.28. The second-order valence-corrected chi connectivity index (χ2v) is 6.12. The lowest BCUT2D eigenvalue weighted by Gasteiger charge is -2.14. The number of ether oxygens (including phenoxy) is 2. The van der Waals surface area contributed by atoms with Crippen LogP contribution < -0.4 is 15.0 Å². The topological polar surface area (TPSA) is 73.6 Å². The lowest BCUT2D eigenvalue weighted by molar-refractivity contribution is 0.0914. The molecule has 0 aliphatic carbocycles. The molecule has 0 radical (unpaired) electrons. The molecular formula is C17H18N2O4S. The Balaban J connectivity index is 1.59. The Morgan fingerprint density at radius 3 is 2.62 bits per heavy atom. The molecule has 0 spiro atoms. The zero-order valence-electron chi connectivity index (χ0n) is 13.2. The third-order valence-corrected chi connectivity index (χ3v) is 4.31. The number of hydrogen-bond acceptors (Lipinski definition) is 6. The zero-order valence-corrected chi connectivity index (χ0v) is 14.0. The second-order valence-electron chi connectivity index (χ2n) is 5.21. The average molecular weight is 346 g/mol. The first kappa shape index (κ1) is 16.5. The Morgan fingerprint density at radius 1 is 1.21 bits per heavy atom. The lowest BCUT2D eigenvalue weighted by atomic mass is 10.3. The first-order valence-corrected chi connectivity index (χ1v) is 8.51. The van der Waals surface area contributed by atoms with E-state index in [9.17, 15) is 9.90 Å². The number of benzene rings is 1. The Hall–Kier alpha value is -2.38. The molecule has 7 heteroatoms. The van der Waals surface area contributed by atoms with Gasteiger partial charge in [0.15, 0.2) is 0 Å². The van der Waals surface area contributed by atoms with E-state index in [2.05, 4.69) is 4.98 Å². The molecule has 0 saturated carbocycles. The van der Waals surface area contributed by atoms with E-state index in [1.54, 1.807) is 18.2 Å². The van der Waals surface area contributed by atoms with E-state index in [-0.39, 0.29) is 18.7 Å². The third kappa shape index (κ3) is 3.74. The van der Waals surface area contributed by atoms with Gasteiger partial charge in [-0.05, 0) is 42.6 Å². The maximum Gasteiger partial charge on any atom is 0.271 e. The number of thiophene rings is 1. The molecule has 126 valence electrons. The van der Waals surface area contributed by atoms with Gasteiger partial charge >= 0.3 is 0 Å². The SMILES string of the molecule is CCOc1ccc(OCC(O)Cn2cnc3ccsc3c2=O)cc1. The molecule has 2 aromatic heterocycles. The summed E-state index contributed by atoms with van der Waals surface area (Å²) in [5.74, 6) is 1.41. The summed E-state index contributed by atoms with van der Waals surface area (Å²) in [5.41, 5.74) is 0.538. The van der Waals surface area contributed by atoms with Gasteiger partial charge in [-0.3, -0.25) is 9.36 Å². The normalized spacial score (nSPS) is 12.2. The van der Waals surface area contributed by atoms with E-state index in [1.165, 1.54) is 22.2 Å². The first-order valence-electron chi connectivity index (χ1n) is 7.63. The van der Waals surface area contributed by atoms with E-state index >= 15 is 0 Å². The van der Waals surface area contributed by atoms with E-state index < -0.39 is 6.10 Å². The Labute approximate surface area is 142 Å². The largest absolute Gasteiger partial charge is 0.494 e. The molecule has 1 aromatic carbocycles. The number of hydrogen-bond donors (Lipinski definition) is 1. The van der Waals surface area contributed by atoms with Crippen LogP contribution in [0.1, 0.15) is 6.92 Å². The smallest absolute Gasteiger partial charge is 0.271 e. The maximum absolute atomic E-state index is 12.3. The summed E-state index contributed by atoms with van der Waals surface area (Å²) in [6.45, 7) is 2.75. The number of aliphatic hydroxyl groups is 1. The molecule has 1 atom stereocenters. The molecule has 0 amide bonds. The quantitative estimate of drug-likeness (QED) is 0.711. The van der Waals surface area contributed by atoms with Gasteiger partial charge in [0.1, 0.15) is 28.9 Å². The number of fused-ring (bicyclic) bond motifs is 1. The number of aromatic nitrogens is 2. The van der Waals surface area contributed by atoms with Gasteiger partial charge in [0, 0.05) is 0 Å². The summed E-state index contributed by atoms with van der Waals surface area (Å²) >= 11 is 1.35. The van der Waals surface area contributed by atoms with Crippen LogP contribution in [0, 0.1) is 0 Å². The molecule has 0 bridgehead atoms. The average Bonchev–Trinajstić information content (AvgIpc) is 3.07. The fraction of sp³-hybridized carbons (Fsp3) is 0.294. The molecule has 0 aliphatic rings. The second kappa shape index (κ2) is 7.46. The highest BCUT2D eigenvalue weighted by Crippen LogP contribution is 2.18. The predicted molar refractivity (Wildman–Crippen MR) is 93.0 cm³/mol. The van der Waals surface area contributed by atoms with Crippen LogP contribution in [0.25, 0.3) is 10.2 Å². The van der Waals surface area contributed by atoms with Gasteiger partial charge in [0.05, 0.1) is 25.0 Å². The number of rotatable bonds is 7. The van der Waals surface area contributed by atoms with E-state index in [0.717, 1.165) is 5.75 Å². The standard InChI is InChI=1S/C17H18N2O4S/c1-2-22-13-3-5-14(6-4-13)23-10-12(20)9-19-11-18-15-7-8-24-16(15)17(19)21/h3-8,11-12,20H,2,9-10H2,1H3. The fourth-order valence-corrected chi connectivity index (χ4v) is 3.07. The van der Waals surface area contributed by atoms with Gasteiger partial charge < -0.3 is 14.6 Å².